The topological polar surface area (TPSA) is 87.2 Å². The van der Waals surface area contributed by atoms with E-state index in [0.717, 1.165) is 81.5 Å². The summed E-state index contributed by atoms with van der Waals surface area (Å²) < 4.78 is 2.23. The van der Waals surface area contributed by atoms with Crippen molar-refractivity contribution < 1.29 is 15.0 Å². The van der Waals surface area contributed by atoms with Gasteiger partial charge in [-0.3, -0.25) is 4.79 Å². The van der Waals surface area contributed by atoms with Gasteiger partial charge in [0.2, 0.25) is 5.78 Å². The first-order valence-corrected chi connectivity index (χ1v) is 14.9. The lowest BCUT2D eigenvalue weighted by molar-refractivity contribution is -0.130. The summed E-state index contributed by atoms with van der Waals surface area (Å²) in [6.45, 7) is 16.9. The third-order valence-corrected chi connectivity index (χ3v) is 8.95. The summed E-state index contributed by atoms with van der Waals surface area (Å²) in [5.74, 6) is -0.883. The second kappa shape index (κ2) is 10.6. The molecule has 0 spiro atoms. The molecule has 2 N–H and O–H groups in total. The van der Waals surface area contributed by atoms with Crippen LogP contribution >= 0.6 is 0 Å². The molecule has 8 bridgehead atoms. The van der Waals surface area contributed by atoms with E-state index < -0.39 is 11.4 Å². The second-order valence-electron chi connectivity index (χ2n) is 11.2. The minimum Gasteiger partial charge on any atom is -0.508 e. The SMILES string of the molecule is CCC1=C(C)C2=NC1=CC1=C(O)C(C)(O)C(=O)C(=C1)C=c1c(CC)c(C)c(n1CC)=CC1=NC(=C2)C(CC)=C1CC. The lowest BCUT2D eigenvalue weighted by atomic mass is 9.83. The van der Waals surface area contributed by atoms with Gasteiger partial charge in [-0.15, -0.1) is 0 Å². The van der Waals surface area contributed by atoms with Crippen molar-refractivity contribution >= 4 is 29.4 Å². The molecule has 214 valence electrons. The fourth-order valence-corrected chi connectivity index (χ4v) is 6.66. The number of Topliss-reactive ketones (excluding diaryl/α,β-unsaturated/α-hetero) is 1. The van der Waals surface area contributed by atoms with Gasteiger partial charge in [0, 0.05) is 28.4 Å². The highest BCUT2D eigenvalue weighted by Crippen LogP contribution is 2.36. The number of ketones is 1. The number of carbonyl (C=O) groups excluding carboxylic acids is 1. The van der Waals surface area contributed by atoms with Crippen molar-refractivity contribution in [3.05, 3.63) is 90.6 Å². The number of hydrogen-bond donors (Lipinski definition) is 2. The van der Waals surface area contributed by atoms with E-state index in [1.807, 2.05) is 6.08 Å². The molecule has 6 nitrogen and oxygen atoms in total. The number of hydrogen-bond acceptors (Lipinski definition) is 5. The maximum Gasteiger partial charge on any atom is 0.201 e. The molecular formula is C35H41N3O3. The Labute approximate surface area is 242 Å². The van der Waals surface area contributed by atoms with E-state index in [2.05, 4.69) is 65.2 Å². The molecule has 0 saturated heterocycles. The molecule has 41 heavy (non-hydrogen) atoms. The van der Waals surface area contributed by atoms with Crippen LogP contribution in [0.25, 0.3) is 12.2 Å². The molecule has 5 rings (SSSR count). The highest BCUT2D eigenvalue weighted by Gasteiger charge is 2.41. The third kappa shape index (κ3) is 4.40. The van der Waals surface area contributed by atoms with Crippen LogP contribution in [-0.4, -0.2) is 37.6 Å². The smallest absolute Gasteiger partial charge is 0.201 e. The van der Waals surface area contributed by atoms with Crippen molar-refractivity contribution in [1.29, 1.82) is 0 Å². The van der Waals surface area contributed by atoms with E-state index in [1.54, 1.807) is 12.2 Å². The van der Waals surface area contributed by atoms with Crippen molar-refractivity contribution in [3.63, 3.8) is 0 Å². The molecule has 0 radical (unpaired) electrons. The number of aliphatic hydroxyl groups is 2. The van der Waals surface area contributed by atoms with Crippen LogP contribution in [0.1, 0.15) is 78.9 Å². The minimum absolute atomic E-state index is 0.351. The van der Waals surface area contributed by atoms with Crippen LogP contribution in [0.5, 0.6) is 0 Å². The lowest BCUT2D eigenvalue weighted by Gasteiger charge is -2.27. The van der Waals surface area contributed by atoms with E-state index in [-0.39, 0.29) is 5.76 Å². The zero-order valence-electron chi connectivity index (χ0n) is 25.6. The Bertz CT molecular complexity index is 1760. The van der Waals surface area contributed by atoms with Crippen LogP contribution in [0.3, 0.4) is 0 Å². The van der Waals surface area contributed by atoms with E-state index in [1.165, 1.54) is 18.1 Å². The first-order valence-electron chi connectivity index (χ1n) is 14.9. The Morgan fingerprint density at radius 2 is 1.41 bits per heavy atom. The van der Waals surface area contributed by atoms with Gasteiger partial charge < -0.3 is 14.8 Å². The molecule has 1 unspecified atom stereocenters. The van der Waals surface area contributed by atoms with Crippen LogP contribution in [0, 0.1) is 6.92 Å². The van der Waals surface area contributed by atoms with Gasteiger partial charge in [0.25, 0.3) is 0 Å². The van der Waals surface area contributed by atoms with E-state index in [9.17, 15) is 15.0 Å². The van der Waals surface area contributed by atoms with Gasteiger partial charge in [-0.25, -0.2) is 9.98 Å². The van der Waals surface area contributed by atoms with Gasteiger partial charge in [0.05, 0.1) is 22.8 Å². The van der Waals surface area contributed by atoms with Gasteiger partial charge in [0.1, 0.15) is 5.76 Å². The maximum atomic E-state index is 13.5. The maximum absolute atomic E-state index is 13.5. The van der Waals surface area contributed by atoms with Crippen LogP contribution in [0.4, 0.5) is 0 Å². The lowest BCUT2D eigenvalue weighted by Crippen LogP contribution is -2.41. The molecule has 0 amide bonds. The van der Waals surface area contributed by atoms with Gasteiger partial charge in [-0.2, -0.15) is 0 Å². The van der Waals surface area contributed by atoms with Crippen LogP contribution in [0.15, 0.2) is 78.8 Å². The predicted molar refractivity (Wildman–Crippen MR) is 167 cm³/mol. The second-order valence-corrected chi connectivity index (χ2v) is 11.2. The fraction of sp³-hybridized carbons (Fsp3) is 0.400. The Morgan fingerprint density at radius 3 is 2.02 bits per heavy atom. The number of fused-ring (bicyclic) bond motifs is 5. The number of nitrogens with zero attached hydrogens (tertiary/aromatic N) is 3. The minimum atomic E-state index is -2.04. The Balaban J connectivity index is 1.97. The first-order chi connectivity index (χ1) is 19.5. The fourth-order valence-electron chi connectivity index (χ4n) is 6.66. The Kier molecular flexibility index (Phi) is 7.41. The molecule has 0 fully saturated rings. The number of carbonyl (C=O) groups is 1. The van der Waals surface area contributed by atoms with E-state index in [0.29, 0.717) is 17.7 Å². The van der Waals surface area contributed by atoms with Gasteiger partial charge in [-0.1, -0.05) is 27.7 Å². The molecule has 4 heterocycles. The molecule has 3 aliphatic heterocycles. The molecule has 6 heteroatoms. The monoisotopic (exact) mass is 551 g/mol. The van der Waals surface area contributed by atoms with Gasteiger partial charge >= 0.3 is 0 Å². The highest BCUT2D eigenvalue weighted by atomic mass is 16.3. The summed E-state index contributed by atoms with van der Waals surface area (Å²) in [6.07, 6.45) is 12.9. The normalized spacial score (nSPS) is 22.4. The summed E-state index contributed by atoms with van der Waals surface area (Å²) in [5, 5.41) is 24.4. The number of allylic oxidation sites excluding steroid dienone is 8. The Hall–Kier alpha value is -3.77. The van der Waals surface area contributed by atoms with E-state index in [4.69, 9.17) is 9.98 Å². The van der Waals surface area contributed by atoms with Crippen molar-refractivity contribution in [3.8, 4) is 0 Å². The van der Waals surface area contributed by atoms with Crippen LogP contribution < -0.4 is 10.7 Å². The van der Waals surface area contributed by atoms with Crippen molar-refractivity contribution in [2.24, 2.45) is 9.98 Å². The zero-order valence-corrected chi connectivity index (χ0v) is 25.6. The number of aliphatic imine (C=N–C) groups is 2. The van der Waals surface area contributed by atoms with Crippen molar-refractivity contribution in [2.45, 2.75) is 93.2 Å². The molecule has 0 aromatic carbocycles. The van der Waals surface area contributed by atoms with Gasteiger partial charge in [-0.05, 0) is 117 Å². The van der Waals surface area contributed by atoms with Crippen LogP contribution in [-0.2, 0) is 17.8 Å². The third-order valence-electron chi connectivity index (χ3n) is 8.95. The molecule has 1 aliphatic carbocycles. The molecule has 0 saturated carbocycles. The largest absolute Gasteiger partial charge is 0.508 e. The summed E-state index contributed by atoms with van der Waals surface area (Å²) in [4.78, 5) is 23.7. The standard InChI is InChI=1S/C35H41N3O3/c1-9-23-19(6)27-17-29-25(11-3)26(12-4)30(37-29)18-31-20(7)24(10-2)32(38(31)13-5)16-22-14-21(15-28(23)36-27)33(39)35(8,41)34(22)40/h14-18,39,41H,9-13H2,1-8H3. The first kappa shape index (κ1) is 28.7. The van der Waals surface area contributed by atoms with Crippen molar-refractivity contribution in [1.82, 2.24) is 4.57 Å². The summed E-state index contributed by atoms with van der Waals surface area (Å²) >= 11 is 0. The number of rotatable bonds is 5. The molecule has 1 aromatic rings. The quantitative estimate of drug-likeness (QED) is 0.503. The Morgan fingerprint density at radius 1 is 0.780 bits per heavy atom. The summed E-state index contributed by atoms with van der Waals surface area (Å²) in [7, 11) is 0. The summed E-state index contributed by atoms with van der Waals surface area (Å²) in [6, 6.07) is 0. The van der Waals surface area contributed by atoms with Crippen molar-refractivity contribution in [2.75, 3.05) is 0 Å². The average molecular weight is 552 g/mol. The number of aliphatic hydroxyl groups excluding tert-OH is 1. The molecule has 1 aromatic heterocycles. The van der Waals surface area contributed by atoms with Crippen LogP contribution in [0.2, 0.25) is 0 Å². The molecule has 1 atom stereocenters. The predicted octanol–water partition coefficient (Wildman–Crippen LogP) is 5.55. The zero-order chi connectivity index (χ0) is 29.8. The number of aromatic nitrogens is 1. The van der Waals surface area contributed by atoms with Gasteiger partial charge in [0.15, 0.2) is 5.60 Å². The molecule has 4 aliphatic rings. The molecular weight excluding hydrogens is 510 g/mol. The highest BCUT2D eigenvalue weighted by molar-refractivity contribution is 6.24. The summed E-state index contributed by atoms with van der Waals surface area (Å²) in [5.41, 5.74) is 9.13. The average Bonchev–Trinajstić information content (AvgIpc) is 3.53. The van der Waals surface area contributed by atoms with E-state index >= 15 is 0 Å².